The van der Waals surface area contributed by atoms with E-state index in [1.54, 1.807) is 25.2 Å². The van der Waals surface area contributed by atoms with E-state index in [0.29, 0.717) is 16.4 Å². The van der Waals surface area contributed by atoms with E-state index in [4.69, 9.17) is 22.1 Å². The Morgan fingerprint density at radius 3 is 2.83 bits per heavy atom. The molecule has 2 N–H and O–H groups in total. The monoisotopic (exact) mass is 268 g/mol. The number of rotatable bonds is 2. The van der Waals surface area contributed by atoms with Crippen LogP contribution in [0.5, 0.6) is 0 Å². The zero-order chi connectivity index (χ0) is 13.3. The van der Waals surface area contributed by atoms with E-state index >= 15 is 0 Å². The Bertz CT molecular complexity index is 464. The number of ether oxygens (including phenoxy) is 1. The topological polar surface area (TPSA) is 55.6 Å². The molecule has 18 heavy (non-hydrogen) atoms. The molecular formula is C13H17ClN2O2. The number of anilines is 2. The Labute approximate surface area is 112 Å². The van der Waals surface area contributed by atoms with Gasteiger partial charge in [0.2, 0.25) is 0 Å². The molecule has 0 saturated carbocycles. The number of carbonyl (C=O) groups is 1. The van der Waals surface area contributed by atoms with Gasteiger partial charge in [-0.15, -0.1) is 0 Å². The highest BCUT2D eigenvalue weighted by Gasteiger charge is 2.31. The molecule has 5 heteroatoms. The van der Waals surface area contributed by atoms with Gasteiger partial charge in [0.25, 0.3) is 5.91 Å². The van der Waals surface area contributed by atoms with Crippen molar-refractivity contribution in [1.82, 2.24) is 0 Å². The van der Waals surface area contributed by atoms with Crippen LogP contribution in [0.4, 0.5) is 11.4 Å². The molecule has 2 unspecified atom stereocenters. The summed E-state index contributed by atoms with van der Waals surface area (Å²) in [5.41, 5.74) is 7.01. The fourth-order valence-corrected chi connectivity index (χ4v) is 2.29. The highest BCUT2D eigenvalue weighted by atomic mass is 35.5. The van der Waals surface area contributed by atoms with Crippen LogP contribution in [-0.2, 0) is 9.53 Å². The molecule has 2 rings (SSSR count). The van der Waals surface area contributed by atoms with Gasteiger partial charge in [0.15, 0.2) is 0 Å². The quantitative estimate of drug-likeness (QED) is 0.839. The normalized spacial score (nSPS) is 23.1. The molecule has 1 fully saturated rings. The zero-order valence-electron chi connectivity index (χ0n) is 10.5. The van der Waals surface area contributed by atoms with Crippen molar-refractivity contribution >= 4 is 28.9 Å². The van der Waals surface area contributed by atoms with E-state index in [9.17, 15) is 4.79 Å². The van der Waals surface area contributed by atoms with E-state index < -0.39 is 0 Å². The Balaban J connectivity index is 2.17. The molecule has 1 amide bonds. The van der Waals surface area contributed by atoms with Crippen LogP contribution in [0.3, 0.4) is 0 Å². The van der Waals surface area contributed by atoms with Crippen molar-refractivity contribution in [3.8, 4) is 0 Å². The third kappa shape index (κ3) is 2.60. The molecule has 1 aliphatic rings. The van der Waals surface area contributed by atoms with Crippen molar-refractivity contribution in [3.05, 3.63) is 23.2 Å². The van der Waals surface area contributed by atoms with Crippen LogP contribution in [0.2, 0.25) is 5.02 Å². The lowest BCUT2D eigenvalue weighted by molar-refractivity contribution is -0.128. The summed E-state index contributed by atoms with van der Waals surface area (Å²) in [6, 6.07) is 5.08. The maximum Gasteiger partial charge on any atom is 0.255 e. The fourth-order valence-electron chi connectivity index (χ4n) is 2.13. The zero-order valence-corrected chi connectivity index (χ0v) is 11.3. The second-order valence-electron chi connectivity index (χ2n) is 4.61. The second kappa shape index (κ2) is 5.16. The average molecular weight is 269 g/mol. The molecule has 1 aromatic carbocycles. The highest BCUT2D eigenvalue weighted by Crippen LogP contribution is 2.28. The molecule has 1 saturated heterocycles. The predicted molar refractivity (Wildman–Crippen MR) is 72.8 cm³/mol. The molecular weight excluding hydrogens is 252 g/mol. The lowest BCUT2D eigenvalue weighted by Crippen LogP contribution is -2.36. The average Bonchev–Trinajstić information content (AvgIpc) is 2.77. The van der Waals surface area contributed by atoms with Crippen LogP contribution in [-0.4, -0.2) is 25.2 Å². The number of nitrogens with two attached hydrogens (primary N) is 1. The molecule has 0 radical (unpaired) electrons. The Hall–Kier alpha value is -1.26. The van der Waals surface area contributed by atoms with Gasteiger partial charge in [-0.3, -0.25) is 4.79 Å². The maximum absolute atomic E-state index is 12.3. The lowest BCUT2D eigenvalue weighted by Gasteiger charge is -2.22. The predicted octanol–water partition coefficient (Wildman–Crippen LogP) is 2.45. The molecule has 1 aliphatic heterocycles. The number of nitrogen functional groups attached to an aromatic ring is 1. The van der Waals surface area contributed by atoms with Gasteiger partial charge in [-0.25, -0.2) is 0 Å². The first-order valence-corrected chi connectivity index (χ1v) is 6.35. The largest absolute Gasteiger partial charge is 0.397 e. The summed E-state index contributed by atoms with van der Waals surface area (Å²) in [5, 5.41) is 0.555. The fraction of sp³-hybridized carbons (Fsp3) is 0.462. The van der Waals surface area contributed by atoms with E-state index in [1.807, 2.05) is 6.92 Å². The van der Waals surface area contributed by atoms with E-state index in [2.05, 4.69) is 0 Å². The van der Waals surface area contributed by atoms with Crippen molar-refractivity contribution in [2.75, 3.05) is 17.7 Å². The van der Waals surface area contributed by atoms with E-state index in [0.717, 1.165) is 12.8 Å². The molecule has 0 spiro atoms. The van der Waals surface area contributed by atoms with Crippen molar-refractivity contribution in [1.29, 1.82) is 0 Å². The molecule has 98 valence electrons. The first-order valence-electron chi connectivity index (χ1n) is 5.97. The minimum absolute atomic E-state index is 0.0756. The number of halogens is 1. The number of hydrogen-bond acceptors (Lipinski definition) is 3. The summed E-state index contributed by atoms with van der Waals surface area (Å²) in [6.07, 6.45) is 1.44. The highest BCUT2D eigenvalue weighted by molar-refractivity contribution is 6.31. The summed E-state index contributed by atoms with van der Waals surface area (Å²) < 4.78 is 5.57. The first-order chi connectivity index (χ1) is 8.49. The smallest absolute Gasteiger partial charge is 0.255 e. The van der Waals surface area contributed by atoms with Crippen LogP contribution in [0.25, 0.3) is 0 Å². The number of hydrogen-bond donors (Lipinski definition) is 1. The number of likely N-dealkylation sites (N-methyl/N-ethyl adjacent to an activating group) is 1. The summed E-state index contributed by atoms with van der Waals surface area (Å²) in [5.74, 6) is -0.0756. The van der Waals surface area contributed by atoms with Gasteiger partial charge in [0, 0.05) is 12.1 Å². The van der Waals surface area contributed by atoms with Gasteiger partial charge in [0.1, 0.15) is 6.10 Å². The summed E-state index contributed by atoms with van der Waals surface area (Å²) in [4.78, 5) is 13.8. The van der Waals surface area contributed by atoms with Gasteiger partial charge in [-0.1, -0.05) is 11.6 Å². The van der Waals surface area contributed by atoms with E-state index in [1.165, 1.54) is 4.90 Å². The van der Waals surface area contributed by atoms with Crippen molar-refractivity contribution in [2.45, 2.75) is 32.0 Å². The molecule has 0 aliphatic carbocycles. The Morgan fingerprint density at radius 1 is 1.50 bits per heavy atom. The number of nitrogens with zero attached hydrogens (tertiary/aromatic N) is 1. The molecule has 1 heterocycles. The molecule has 2 atom stereocenters. The molecule has 4 nitrogen and oxygen atoms in total. The number of carbonyl (C=O) groups excluding carboxylic acids is 1. The minimum atomic E-state index is -0.372. The lowest BCUT2D eigenvalue weighted by atomic mass is 10.1. The number of amides is 1. The maximum atomic E-state index is 12.3. The summed E-state index contributed by atoms with van der Waals surface area (Å²) in [6.45, 7) is 1.97. The van der Waals surface area contributed by atoms with E-state index in [-0.39, 0.29) is 18.1 Å². The van der Waals surface area contributed by atoms with Gasteiger partial charge in [-0.2, -0.15) is 0 Å². The standard InChI is InChI=1S/C13H17ClN2O2/c1-8-3-6-12(18-8)13(17)16(2)11-7-9(14)4-5-10(11)15/h4-5,7-8,12H,3,6,15H2,1-2H3. The third-order valence-corrected chi connectivity index (χ3v) is 3.43. The van der Waals surface area contributed by atoms with Crippen molar-refractivity contribution in [2.24, 2.45) is 0 Å². The van der Waals surface area contributed by atoms with Crippen LogP contribution in [0.15, 0.2) is 18.2 Å². The number of benzene rings is 1. The Kier molecular flexibility index (Phi) is 3.78. The van der Waals surface area contributed by atoms with Crippen LogP contribution in [0.1, 0.15) is 19.8 Å². The SMILES string of the molecule is CC1CCC(C(=O)N(C)c2cc(Cl)ccc2N)O1. The Morgan fingerprint density at radius 2 is 2.22 bits per heavy atom. The van der Waals surface area contributed by atoms with Crippen molar-refractivity contribution in [3.63, 3.8) is 0 Å². The van der Waals surface area contributed by atoms with Crippen molar-refractivity contribution < 1.29 is 9.53 Å². The molecule has 1 aromatic rings. The van der Waals surface area contributed by atoms with Gasteiger partial charge in [-0.05, 0) is 38.0 Å². The summed E-state index contributed by atoms with van der Waals surface area (Å²) in [7, 11) is 1.69. The van der Waals surface area contributed by atoms with Gasteiger partial charge < -0.3 is 15.4 Å². The third-order valence-electron chi connectivity index (χ3n) is 3.19. The van der Waals surface area contributed by atoms with Crippen LogP contribution in [0, 0.1) is 0 Å². The van der Waals surface area contributed by atoms with Gasteiger partial charge in [0.05, 0.1) is 17.5 Å². The second-order valence-corrected chi connectivity index (χ2v) is 5.05. The molecule has 0 bridgehead atoms. The first kappa shape index (κ1) is 13.2. The van der Waals surface area contributed by atoms with Gasteiger partial charge >= 0.3 is 0 Å². The van der Waals surface area contributed by atoms with Crippen LogP contribution < -0.4 is 10.6 Å². The summed E-state index contributed by atoms with van der Waals surface area (Å²) >= 11 is 5.92. The van der Waals surface area contributed by atoms with Crippen LogP contribution >= 0.6 is 11.6 Å². The minimum Gasteiger partial charge on any atom is -0.397 e. The molecule has 0 aromatic heterocycles.